The van der Waals surface area contributed by atoms with E-state index in [1.54, 1.807) is 6.07 Å². The monoisotopic (exact) mass is 239 g/mol. The van der Waals surface area contributed by atoms with Crippen LogP contribution in [0.2, 0.25) is 0 Å². The fourth-order valence-electron chi connectivity index (χ4n) is 1.38. The van der Waals surface area contributed by atoms with Crippen molar-refractivity contribution in [3.8, 4) is 6.01 Å². The summed E-state index contributed by atoms with van der Waals surface area (Å²) in [5.74, 6) is 1.22. The molecule has 1 rings (SSSR count). The Balaban J connectivity index is 2.71. The zero-order valence-corrected chi connectivity index (χ0v) is 10.7. The molecule has 0 amide bonds. The Hall–Kier alpha value is -1.56. The fraction of sp³-hybridized carbons (Fsp3) is 0.636. The lowest BCUT2D eigenvalue weighted by molar-refractivity contribution is 0.294. The van der Waals surface area contributed by atoms with Crippen molar-refractivity contribution < 1.29 is 4.74 Å². The van der Waals surface area contributed by atoms with E-state index in [9.17, 15) is 0 Å². The van der Waals surface area contributed by atoms with Gasteiger partial charge in [0.1, 0.15) is 18.2 Å². The summed E-state index contributed by atoms with van der Waals surface area (Å²) < 4.78 is 5.40. The zero-order valence-electron chi connectivity index (χ0n) is 10.7. The molecule has 6 heteroatoms. The highest BCUT2D eigenvalue weighted by molar-refractivity contribution is 5.47. The fourth-order valence-corrected chi connectivity index (χ4v) is 1.38. The SMILES string of the molecule is CCCN(C)c1cc(N)nc(OCCNC)n1. The predicted molar refractivity (Wildman–Crippen MR) is 69.4 cm³/mol. The number of nitrogens with zero attached hydrogens (tertiary/aromatic N) is 3. The van der Waals surface area contributed by atoms with Crippen LogP contribution in [0.5, 0.6) is 6.01 Å². The number of likely N-dealkylation sites (N-methyl/N-ethyl adjacent to an activating group) is 1. The first-order chi connectivity index (χ1) is 8.17. The zero-order chi connectivity index (χ0) is 12.7. The molecule has 0 unspecified atom stereocenters. The van der Waals surface area contributed by atoms with E-state index in [0.717, 1.165) is 25.3 Å². The van der Waals surface area contributed by atoms with Crippen molar-refractivity contribution in [1.29, 1.82) is 0 Å². The summed E-state index contributed by atoms with van der Waals surface area (Å²) in [7, 11) is 3.84. The van der Waals surface area contributed by atoms with E-state index in [1.165, 1.54) is 0 Å². The van der Waals surface area contributed by atoms with Gasteiger partial charge in [-0.05, 0) is 13.5 Å². The van der Waals surface area contributed by atoms with Gasteiger partial charge in [0.05, 0.1) is 0 Å². The molecule has 1 heterocycles. The smallest absolute Gasteiger partial charge is 0.320 e. The number of hydrogen-bond donors (Lipinski definition) is 2. The van der Waals surface area contributed by atoms with Crippen LogP contribution in [0.3, 0.4) is 0 Å². The second kappa shape index (κ2) is 6.90. The average Bonchev–Trinajstić information content (AvgIpc) is 2.29. The standard InChI is InChI=1S/C11H21N5O/c1-4-6-16(3)10-8-9(12)14-11(15-10)17-7-5-13-2/h8,13H,4-7H2,1-3H3,(H2,12,14,15). The molecule has 1 aromatic rings. The van der Waals surface area contributed by atoms with Gasteiger partial charge in [0.15, 0.2) is 0 Å². The van der Waals surface area contributed by atoms with Crippen LogP contribution in [0.4, 0.5) is 11.6 Å². The molecule has 0 radical (unpaired) electrons. The summed E-state index contributed by atoms with van der Waals surface area (Å²) in [6.45, 7) is 4.31. The van der Waals surface area contributed by atoms with Gasteiger partial charge in [-0.3, -0.25) is 0 Å². The number of nitrogens with one attached hydrogen (secondary N) is 1. The van der Waals surface area contributed by atoms with Crippen molar-refractivity contribution in [3.63, 3.8) is 0 Å². The van der Waals surface area contributed by atoms with Crippen molar-refractivity contribution in [2.75, 3.05) is 44.4 Å². The van der Waals surface area contributed by atoms with Crippen molar-refractivity contribution in [1.82, 2.24) is 15.3 Å². The Labute approximate surface area is 102 Å². The normalized spacial score (nSPS) is 10.3. The molecular formula is C11H21N5O. The Kier molecular flexibility index (Phi) is 5.48. The van der Waals surface area contributed by atoms with E-state index in [4.69, 9.17) is 10.5 Å². The van der Waals surface area contributed by atoms with Crippen LogP contribution in [0.25, 0.3) is 0 Å². The van der Waals surface area contributed by atoms with E-state index in [1.807, 2.05) is 19.0 Å². The second-order valence-electron chi connectivity index (χ2n) is 3.81. The molecule has 0 spiro atoms. The van der Waals surface area contributed by atoms with Crippen LogP contribution in [0, 0.1) is 0 Å². The van der Waals surface area contributed by atoms with Gasteiger partial charge in [-0.15, -0.1) is 0 Å². The molecule has 0 aliphatic carbocycles. The molecule has 96 valence electrons. The lowest BCUT2D eigenvalue weighted by Gasteiger charge is -2.17. The Morgan fingerprint density at radius 1 is 1.47 bits per heavy atom. The average molecular weight is 239 g/mol. The first-order valence-electron chi connectivity index (χ1n) is 5.80. The minimum Gasteiger partial charge on any atom is -0.462 e. The molecule has 0 bridgehead atoms. The highest BCUT2D eigenvalue weighted by Crippen LogP contribution is 2.16. The van der Waals surface area contributed by atoms with Crippen molar-refractivity contribution in [2.45, 2.75) is 13.3 Å². The lowest BCUT2D eigenvalue weighted by atomic mass is 10.4. The molecule has 0 fully saturated rings. The van der Waals surface area contributed by atoms with Gasteiger partial charge in [0.25, 0.3) is 0 Å². The molecule has 0 aromatic carbocycles. The third-order valence-electron chi connectivity index (χ3n) is 2.25. The number of rotatable bonds is 7. The molecule has 17 heavy (non-hydrogen) atoms. The molecule has 0 aliphatic rings. The molecule has 0 saturated carbocycles. The van der Waals surface area contributed by atoms with Crippen molar-refractivity contribution in [3.05, 3.63) is 6.07 Å². The second-order valence-corrected chi connectivity index (χ2v) is 3.81. The van der Waals surface area contributed by atoms with Crippen molar-refractivity contribution >= 4 is 11.6 Å². The van der Waals surface area contributed by atoms with Gasteiger partial charge in [-0.1, -0.05) is 6.92 Å². The molecule has 0 saturated heterocycles. The third-order valence-corrected chi connectivity index (χ3v) is 2.25. The third kappa shape index (κ3) is 4.44. The van der Waals surface area contributed by atoms with E-state index in [2.05, 4.69) is 22.2 Å². The van der Waals surface area contributed by atoms with E-state index in [0.29, 0.717) is 18.4 Å². The van der Waals surface area contributed by atoms with Gasteiger partial charge in [0, 0.05) is 26.2 Å². The van der Waals surface area contributed by atoms with Gasteiger partial charge in [0.2, 0.25) is 0 Å². The van der Waals surface area contributed by atoms with Gasteiger partial charge in [-0.25, -0.2) is 0 Å². The topological polar surface area (TPSA) is 76.3 Å². The molecule has 0 atom stereocenters. The highest BCUT2D eigenvalue weighted by Gasteiger charge is 2.07. The minimum absolute atomic E-state index is 0.332. The maximum absolute atomic E-state index is 5.72. The summed E-state index contributed by atoms with van der Waals surface area (Å²) in [6, 6.07) is 2.08. The molecule has 3 N–H and O–H groups in total. The summed E-state index contributed by atoms with van der Waals surface area (Å²) in [5.41, 5.74) is 5.72. The summed E-state index contributed by atoms with van der Waals surface area (Å²) >= 11 is 0. The first-order valence-corrected chi connectivity index (χ1v) is 5.80. The predicted octanol–water partition coefficient (Wildman–Crippen LogP) is 0.503. The summed E-state index contributed by atoms with van der Waals surface area (Å²) in [4.78, 5) is 10.4. The Morgan fingerprint density at radius 2 is 2.24 bits per heavy atom. The van der Waals surface area contributed by atoms with E-state index in [-0.39, 0.29) is 0 Å². The van der Waals surface area contributed by atoms with Gasteiger partial charge in [-0.2, -0.15) is 9.97 Å². The lowest BCUT2D eigenvalue weighted by Crippen LogP contribution is -2.21. The number of ether oxygens (including phenoxy) is 1. The molecular weight excluding hydrogens is 218 g/mol. The molecule has 1 aromatic heterocycles. The number of hydrogen-bond acceptors (Lipinski definition) is 6. The number of anilines is 2. The quantitative estimate of drug-likeness (QED) is 0.675. The minimum atomic E-state index is 0.332. The van der Waals surface area contributed by atoms with Crippen molar-refractivity contribution in [2.24, 2.45) is 0 Å². The summed E-state index contributed by atoms with van der Waals surface area (Å²) in [5, 5.41) is 2.99. The van der Waals surface area contributed by atoms with Crippen LogP contribution < -0.4 is 20.7 Å². The number of aromatic nitrogens is 2. The first kappa shape index (κ1) is 13.5. The molecule has 6 nitrogen and oxygen atoms in total. The largest absolute Gasteiger partial charge is 0.462 e. The Morgan fingerprint density at radius 3 is 2.88 bits per heavy atom. The van der Waals surface area contributed by atoms with Gasteiger partial charge >= 0.3 is 6.01 Å². The van der Waals surface area contributed by atoms with Crippen LogP contribution in [0.1, 0.15) is 13.3 Å². The van der Waals surface area contributed by atoms with Crippen LogP contribution in [-0.2, 0) is 0 Å². The number of nitrogens with two attached hydrogens (primary N) is 1. The van der Waals surface area contributed by atoms with Gasteiger partial charge < -0.3 is 20.7 Å². The van der Waals surface area contributed by atoms with Crippen LogP contribution in [0.15, 0.2) is 6.07 Å². The van der Waals surface area contributed by atoms with E-state index >= 15 is 0 Å². The highest BCUT2D eigenvalue weighted by atomic mass is 16.5. The van der Waals surface area contributed by atoms with Crippen LogP contribution in [-0.4, -0.2) is 43.8 Å². The summed E-state index contributed by atoms with van der Waals surface area (Å²) in [6.07, 6.45) is 1.05. The van der Waals surface area contributed by atoms with E-state index < -0.39 is 0 Å². The maximum atomic E-state index is 5.72. The van der Waals surface area contributed by atoms with Crippen LogP contribution >= 0.6 is 0 Å². The number of nitrogen functional groups attached to an aromatic ring is 1. The Bertz CT molecular complexity index is 345. The maximum Gasteiger partial charge on any atom is 0.320 e. The molecule has 0 aliphatic heterocycles.